The Morgan fingerprint density at radius 1 is 1.35 bits per heavy atom. The van der Waals surface area contributed by atoms with Crippen molar-refractivity contribution >= 4 is 5.91 Å². The minimum Gasteiger partial charge on any atom is -0.480 e. The van der Waals surface area contributed by atoms with Crippen molar-refractivity contribution in [2.75, 3.05) is 6.54 Å². The Bertz CT molecular complexity index is 431. The summed E-state index contributed by atoms with van der Waals surface area (Å²) in [6, 6.07) is 7.62. The third-order valence-electron chi connectivity index (χ3n) is 3.28. The molecule has 4 heteroatoms. The van der Waals surface area contributed by atoms with Crippen molar-refractivity contribution in [3.8, 4) is 5.75 Å². The fourth-order valence-electron chi connectivity index (χ4n) is 1.72. The van der Waals surface area contributed by atoms with E-state index in [4.69, 9.17) is 4.74 Å². The Hall–Kier alpha value is -1.55. The number of aliphatic hydroxyl groups excluding tert-OH is 1. The van der Waals surface area contributed by atoms with E-state index in [-0.39, 0.29) is 18.4 Å². The number of amides is 1. The van der Waals surface area contributed by atoms with Gasteiger partial charge in [-0.05, 0) is 30.9 Å². The molecular formula is C16H25NO3. The van der Waals surface area contributed by atoms with Crippen LogP contribution in [0.5, 0.6) is 5.75 Å². The maximum atomic E-state index is 12.1. The molecule has 0 saturated heterocycles. The third-order valence-corrected chi connectivity index (χ3v) is 3.28. The van der Waals surface area contributed by atoms with Gasteiger partial charge in [-0.3, -0.25) is 4.79 Å². The summed E-state index contributed by atoms with van der Waals surface area (Å²) in [6.45, 7) is 7.93. The largest absolute Gasteiger partial charge is 0.480 e. The number of carbonyl (C=O) groups is 1. The van der Waals surface area contributed by atoms with Crippen molar-refractivity contribution in [1.82, 2.24) is 5.32 Å². The lowest BCUT2D eigenvalue weighted by Gasteiger charge is -2.20. The summed E-state index contributed by atoms with van der Waals surface area (Å²) in [4.78, 5) is 12.1. The summed E-state index contributed by atoms with van der Waals surface area (Å²) in [5.74, 6) is 0.655. The van der Waals surface area contributed by atoms with Crippen LogP contribution in [-0.2, 0) is 4.79 Å². The Labute approximate surface area is 121 Å². The SMILES string of the molecule is CCC(Oc1ccccc1C)C(=O)NCC(O)C(C)C. The third kappa shape index (κ3) is 4.85. The van der Waals surface area contributed by atoms with Gasteiger partial charge in [-0.1, -0.05) is 39.0 Å². The first kappa shape index (κ1) is 16.5. The number of ether oxygens (including phenoxy) is 1. The van der Waals surface area contributed by atoms with Crippen molar-refractivity contribution in [2.24, 2.45) is 5.92 Å². The number of hydrogen-bond donors (Lipinski definition) is 2. The quantitative estimate of drug-likeness (QED) is 0.805. The molecular weight excluding hydrogens is 254 g/mol. The van der Waals surface area contributed by atoms with Crippen LogP contribution in [0.15, 0.2) is 24.3 Å². The number of rotatable bonds is 7. The highest BCUT2D eigenvalue weighted by Crippen LogP contribution is 2.18. The highest BCUT2D eigenvalue weighted by atomic mass is 16.5. The first-order chi connectivity index (χ1) is 9.45. The minimum atomic E-state index is -0.532. The molecule has 1 aromatic rings. The number of carbonyl (C=O) groups excluding carboxylic acids is 1. The molecule has 4 nitrogen and oxygen atoms in total. The van der Waals surface area contributed by atoms with Gasteiger partial charge < -0.3 is 15.2 Å². The van der Waals surface area contributed by atoms with Crippen LogP contribution in [0, 0.1) is 12.8 Å². The van der Waals surface area contributed by atoms with Gasteiger partial charge in [0, 0.05) is 6.54 Å². The summed E-state index contributed by atoms with van der Waals surface area (Å²) >= 11 is 0. The monoisotopic (exact) mass is 279 g/mol. The number of aryl methyl sites for hydroxylation is 1. The van der Waals surface area contributed by atoms with Crippen molar-refractivity contribution in [2.45, 2.75) is 46.3 Å². The zero-order chi connectivity index (χ0) is 15.1. The maximum Gasteiger partial charge on any atom is 0.261 e. The molecule has 0 saturated carbocycles. The molecule has 1 rings (SSSR count). The number of hydrogen-bond acceptors (Lipinski definition) is 3. The van der Waals surface area contributed by atoms with E-state index in [1.807, 2.05) is 52.0 Å². The van der Waals surface area contributed by atoms with Gasteiger partial charge in [-0.2, -0.15) is 0 Å². The average Bonchev–Trinajstić information content (AvgIpc) is 2.43. The van der Waals surface area contributed by atoms with E-state index in [0.717, 1.165) is 11.3 Å². The second kappa shape index (κ2) is 7.90. The lowest BCUT2D eigenvalue weighted by Crippen LogP contribution is -2.42. The first-order valence-electron chi connectivity index (χ1n) is 7.13. The normalized spacial score (nSPS) is 13.9. The second-order valence-corrected chi connectivity index (χ2v) is 5.34. The number of benzene rings is 1. The zero-order valence-corrected chi connectivity index (χ0v) is 12.7. The summed E-state index contributed by atoms with van der Waals surface area (Å²) in [6.07, 6.45) is -0.483. The van der Waals surface area contributed by atoms with Gasteiger partial charge in [0.1, 0.15) is 5.75 Å². The van der Waals surface area contributed by atoms with Crippen LogP contribution in [0.25, 0.3) is 0 Å². The molecule has 0 fully saturated rings. The summed E-state index contributed by atoms with van der Waals surface area (Å²) in [5, 5.41) is 12.4. The van der Waals surface area contributed by atoms with Gasteiger partial charge in [0.15, 0.2) is 6.10 Å². The van der Waals surface area contributed by atoms with Gasteiger partial charge in [-0.15, -0.1) is 0 Å². The fraction of sp³-hybridized carbons (Fsp3) is 0.562. The maximum absolute atomic E-state index is 12.1. The van der Waals surface area contributed by atoms with Crippen LogP contribution < -0.4 is 10.1 Å². The Morgan fingerprint density at radius 2 is 2.00 bits per heavy atom. The summed E-state index contributed by atoms with van der Waals surface area (Å²) < 4.78 is 5.76. The molecule has 0 aliphatic heterocycles. The predicted octanol–water partition coefficient (Wildman–Crippen LogP) is 2.29. The number of nitrogens with one attached hydrogen (secondary N) is 1. The Kier molecular flexibility index (Phi) is 6.52. The van der Waals surface area contributed by atoms with E-state index in [0.29, 0.717) is 6.42 Å². The van der Waals surface area contributed by atoms with Crippen LogP contribution in [0.4, 0.5) is 0 Å². The Balaban J connectivity index is 2.58. The summed E-state index contributed by atoms with van der Waals surface area (Å²) in [7, 11) is 0. The molecule has 112 valence electrons. The van der Waals surface area contributed by atoms with Gasteiger partial charge in [0.05, 0.1) is 6.10 Å². The smallest absolute Gasteiger partial charge is 0.261 e. The lowest BCUT2D eigenvalue weighted by molar-refractivity contribution is -0.128. The van der Waals surface area contributed by atoms with Gasteiger partial charge in [0.2, 0.25) is 0 Å². The zero-order valence-electron chi connectivity index (χ0n) is 12.7. The average molecular weight is 279 g/mol. The van der Waals surface area contributed by atoms with Crippen LogP contribution in [0.2, 0.25) is 0 Å². The first-order valence-corrected chi connectivity index (χ1v) is 7.13. The van der Waals surface area contributed by atoms with E-state index < -0.39 is 12.2 Å². The fourth-order valence-corrected chi connectivity index (χ4v) is 1.72. The van der Waals surface area contributed by atoms with Crippen LogP contribution >= 0.6 is 0 Å². The topological polar surface area (TPSA) is 58.6 Å². The van der Waals surface area contributed by atoms with Crippen molar-refractivity contribution in [3.05, 3.63) is 29.8 Å². The highest BCUT2D eigenvalue weighted by Gasteiger charge is 2.20. The minimum absolute atomic E-state index is 0.118. The second-order valence-electron chi connectivity index (χ2n) is 5.34. The van der Waals surface area contributed by atoms with Gasteiger partial charge in [-0.25, -0.2) is 0 Å². The molecule has 0 radical (unpaired) electrons. The molecule has 2 N–H and O–H groups in total. The standard InChI is InChI=1S/C16H25NO3/c1-5-14(16(19)17-10-13(18)11(2)3)20-15-9-7-6-8-12(15)4/h6-9,11,13-14,18H,5,10H2,1-4H3,(H,17,19). The number of aliphatic hydroxyl groups is 1. The molecule has 1 amide bonds. The van der Waals surface area contributed by atoms with Gasteiger partial charge in [0.25, 0.3) is 5.91 Å². The molecule has 0 spiro atoms. The van der Waals surface area contributed by atoms with E-state index in [2.05, 4.69) is 5.32 Å². The molecule has 1 aromatic carbocycles. The van der Waals surface area contributed by atoms with Crippen LogP contribution in [0.3, 0.4) is 0 Å². The lowest BCUT2D eigenvalue weighted by atomic mass is 10.1. The van der Waals surface area contributed by atoms with E-state index in [9.17, 15) is 9.90 Å². The van der Waals surface area contributed by atoms with Crippen molar-refractivity contribution in [3.63, 3.8) is 0 Å². The van der Waals surface area contributed by atoms with Crippen molar-refractivity contribution in [1.29, 1.82) is 0 Å². The molecule has 0 aromatic heterocycles. The Morgan fingerprint density at radius 3 is 2.55 bits per heavy atom. The molecule has 0 aliphatic rings. The summed E-state index contributed by atoms with van der Waals surface area (Å²) in [5.41, 5.74) is 1.00. The van der Waals surface area contributed by atoms with Gasteiger partial charge >= 0.3 is 0 Å². The van der Waals surface area contributed by atoms with E-state index in [1.54, 1.807) is 0 Å². The van der Waals surface area contributed by atoms with E-state index in [1.165, 1.54) is 0 Å². The van der Waals surface area contributed by atoms with Crippen LogP contribution in [-0.4, -0.2) is 29.8 Å². The molecule has 20 heavy (non-hydrogen) atoms. The van der Waals surface area contributed by atoms with Crippen molar-refractivity contribution < 1.29 is 14.6 Å². The van der Waals surface area contributed by atoms with Crippen LogP contribution in [0.1, 0.15) is 32.8 Å². The predicted molar refractivity (Wildman–Crippen MR) is 79.7 cm³/mol. The highest BCUT2D eigenvalue weighted by molar-refractivity contribution is 5.81. The molecule has 0 aliphatic carbocycles. The number of para-hydroxylation sites is 1. The molecule has 0 heterocycles. The van der Waals surface area contributed by atoms with E-state index >= 15 is 0 Å². The molecule has 2 atom stereocenters. The molecule has 0 bridgehead atoms. The molecule has 2 unspecified atom stereocenters.